The molecule has 0 saturated carbocycles. The Morgan fingerprint density at radius 3 is 3.12 bits per heavy atom. The molecule has 0 radical (unpaired) electrons. The van der Waals surface area contributed by atoms with Crippen LogP contribution < -0.4 is 10.2 Å². The van der Waals surface area contributed by atoms with Crippen LogP contribution in [-0.4, -0.2) is 30.5 Å². The largest absolute Gasteiger partial charge is 0.459 e. The van der Waals surface area contributed by atoms with Crippen molar-refractivity contribution in [3.05, 3.63) is 46.9 Å². The highest BCUT2D eigenvalue weighted by atomic mass is 35.5. The molecule has 130 valence electrons. The molecule has 0 bridgehead atoms. The number of rotatable bonds is 4. The number of thiazole rings is 1. The fourth-order valence-corrected chi connectivity index (χ4v) is 4.60. The number of amides is 1. The van der Waals surface area contributed by atoms with E-state index in [-0.39, 0.29) is 5.91 Å². The predicted octanol–water partition coefficient (Wildman–Crippen LogP) is 4.11. The highest BCUT2D eigenvalue weighted by Crippen LogP contribution is 2.34. The molecule has 7 heteroatoms. The molecule has 2 aromatic heterocycles. The first kappa shape index (κ1) is 16.6. The number of fused-ring (bicyclic) bond motifs is 1. The van der Waals surface area contributed by atoms with Gasteiger partial charge in [0.1, 0.15) is 0 Å². The number of hydrogen-bond acceptors (Lipinski definition) is 5. The first-order valence-electron chi connectivity index (χ1n) is 8.24. The summed E-state index contributed by atoms with van der Waals surface area (Å²) in [5.41, 5.74) is 1.91. The molecule has 4 rings (SSSR count). The first-order valence-corrected chi connectivity index (χ1v) is 9.44. The predicted molar refractivity (Wildman–Crippen MR) is 101 cm³/mol. The third kappa shape index (κ3) is 3.29. The van der Waals surface area contributed by atoms with Gasteiger partial charge in [-0.1, -0.05) is 22.9 Å². The standard InChI is InChI=1S/C18H18ClN3O2S/c1-11-7-13(19)8-15-16(11)21-18(25-15)22(10-12-4-5-20-9-12)17(23)14-3-2-6-24-14/h2-3,6-8,12,20H,4-5,9-10H2,1H3. The third-order valence-corrected chi connectivity index (χ3v) is 5.69. The minimum Gasteiger partial charge on any atom is -0.459 e. The van der Waals surface area contributed by atoms with Crippen LogP contribution in [0.1, 0.15) is 22.5 Å². The van der Waals surface area contributed by atoms with Crippen LogP contribution in [0.15, 0.2) is 34.9 Å². The topological polar surface area (TPSA) is 58.4 Å². The van der Waals surface area contributed by atoms with Gasteiger partial charge in [0.05, 0.1) is 16.5 Å². The van der Waals surface area contributed by atoms with Crippen molar-refractivity contribution in [3.63, 3.8) is 0 Å². The van der Waals surface area contributed by atoms with E-state index >= 15 is 0 Å². The van der Waals surface area contributed by atoms with Gasteiger partial charge in [-0.15, -0.1) is 0 Å². The normalized spacial score (nSPS) is 17.3. The van der Waals surface area contributed by atoms with Crippen molar-refractivity contribution in [3.8, 4) is 0 Å². The van der Waals surface area contributed by atoms with Crippen LogP contribution >= 0.6 is 22.9 Å². The van der Waals surface area contributed by atoms with E-state index in [0.29, 0.717) is 28.4 Å². The van der Waals surface area contributed by atoms with Crippen molar-refractivity contribution in [2.24, 2.45) is 5.92 Å². The monoisotopic (exact) mass is 375 g/mol. The van der Waals surface area contributed by atoms with Gasteiger partial charge in [-0.3, -0.25) is 9.69 Å². The molecule has 1 amide bonds. The Labute approximate surface area is 154 Å². The van der Waals surface area contributed by atoms with Gasteiger partial charge < -0.3 is 9.73 Å². The minimum atomic E-state index is -0.153. The zero-order chi connectivity index (χ0) is 17.4. The fourth-order valence-electron chi connectivity index (χ4n) is 3.17. The van der Waals surface area contributed by atoms with Crippen molar-refractivity contribution < 1.29 is 9.21 Å². The number of aromatic nitrogens is 1. The van der Waals surface area contributed by atoms with Gasteiger partial charge in [-0.25, -0.2) is 4.98 Å². The van der Waals surface area contributed by atoms with Gasteiger partial charge in [-0.05, 0) is 62.2 Å². The molecule has 1 N–H and O–H groups in total. The Kier molecular flexibility index (Phi) is 4.50. The van der Waals surface area contributed by atoms with Gasteiger partial charge in [-0.2, -0.15) is 0 Å². The summed E-state index contributed by atoms with van der Waals surface area (Å²) in [5, 5.41) is 4.72. The van der Waals surface area contributed by atoms with E-state index in [1.165, 1.54) is 17.6 Å². The summed E-state index contributed by atoms with van der Waals surface area (Å²) in [7, 11) is 0. The van der Waals surface area contributed by atoms with Crippen LogP contribution in [0.3, 0.4) is 0 Å². The lowest BCUT2D eigenvalue weighted by Crippen LogP contribution is -2.36. The van der Waals surface area contributed by atoms with Crippen LogP contribution in [0.5, 0.6) is 0 Å². The molecule has 1 aliphatic heterocycles. The summed E-state index contributed by atoms with van der Waals surface area (Å²) in [6.07, 6.45) is 2.57. The number of hydrogen-bond donors (Lipinski definition) is 1. The van der Waals surface area contributed by atoms with Crippen LogP contribution in [0.2, 0.25) is 5.02 Å². The molecule has 1 aliphatic rings. The molecule has 25 heavy (non-hydrogen) atoms. The SMILES string of the molecule is Cc1cc(Cl)cc2sc(N(CC3CCNC3)C(=O)c3ccco3)nc12. The number of anilines is 1. The second-order valence-electron chi connectivity index (χ2n) is 6.32. The molecule has 5 nitrogen and oxygen atoms in total. The Bertz CT molecular complexity index is 901. The molecular weight excluding hydrogens is 358 g/mol. The van der Waals surface area contributed by atoms with E-state index in [4.69, 9.17) is 21.0 Å². The lowest BCUT2D eigenvalue weighted by Gasteiger charge is -2.22. The summed E-state index contributed by atoms with van der Waals surface area (Å²) < 4.78 is 6.32. The minimum absolute atomic E-state index is 0.153. The van der Waals surface area contributed by atoms with Crippen molar-refractivity contribution in [1.82, 2.24) is 10.3 Å². The second-order valence-corrected chi connectivity index (χ2v) is 7.76. The number of nitrogens with one attached hydrogen (secondary N) is 1. The first-order chi connectivity index (χ1) is 12.1. The third-order valence-electron chi connectivity index (χ3n) is 4.45. The lowest BCUT2D eigenvalue weighted by atomic mass is 10.1. The van der Waals surface area contributed by atoms with E-state index in [0.717, 1.165) is 35.3 Å². The number of halogens is 1. The Morgan fingerprint density at radius 2 is 2.40 bits per heavy atom. The summed E-state index contributed by atoms with van der Waals surface area (Å²) in [4.78, 5) is 19.4. The molecule has 1 fully saturated rings. The second kappa shape index (κ2) is 6.78. The van der Waals surface area contributed by atoms with E-state index in [1.54, 1.807) is 17.0 Å². The molecule has 3 heterocycles. The number of aryl methyl sites for hydroxylation is 1. The van der Waals surface area contributed by atoms with Crippen LogP contribution in [0, 0.1) is 12.8 Å². The quantitative estimate of drug-likeness (QED) is 0.745. The average Bonchev–Trinajstić information content (AvgIpc) is 3.32. The zero-order valence-electron chi connectivity index (χ0n) is 13.8. The number of benzene rings is 1. The number of carbonyl (C=O) groups excluding carboxylic acids is 1. The zero-order valence-corrected chi connectivity index (χ0v) is 15.4. The van der Waals surface area contributed by atoms with Crippen molar-refractivity contribution in [2.45, 2.75) is 13.3 Å². The molecule has 0 aliphatic carbocycles. The molecule has 3 aromatic rings. The van der Waals surface area contributed by atoms with Crippen LogP contribution in [0.25, 0.3) is 10.2 Å². The van der Waals surface area contributed by atoms with Crippen LogP contribution in [-0.2, 0) is 0 Å². The Morgan fingerprint density at radius 1 is 1.52 bits per heavy atom. The van der Waals surface area contributed by atoms with Crippen molar-refractivity contribution in [1.29, 1.82) is 0 Å². The van der Waals surface area contributed by atoms with E-state index in [2.05, 4.69) is 5.32 Å². The summed E-state index contributed by atoms with van der Waals surface area (Å²) in [6.45, 7) is 4.51. The molecule has 1 atom stereocenters. The molecule has 1 aromatic carbocycles. The molecule has 0 spiro atoms. The maximum absolute atomic E-state index is 13.0. The number of nitrogens with zero attached hydrogens (tertiary/aromatic N) is 2. The summed E-state index contributed by atoms with van der Waals surface area (Å²) in [5.74, 6) is 0.593. The van der Waals surface area contributed by atoms with Crippen molar-refractivity contribution >= 4 is 44.2 Å². The smallest absolute Gasteiger partial charge is 0.295 e. The van der Waals surface area contributed by atoms with Crippen LogP contribution in [0.4, 0.5) is 5.13 Å². The maximum Gasteiger partial charge on any atom is 0.295 e. The summed E-state index contributed by atoms with van der Waals surface area (Å²) in [6, 6.07) is 7.22. The molecular formula is C18H18ClN3O2S. The number of furan rings is 1. The van der Waals surface area contributed by atoms with Gasteiger partial charge in [0.2, 0.25) is 0 Å². The van der Waals surface area contributed by atoms with Gasteiger partial charge in [0.25, 0.3) is 5.91 Å². The van der Waals surface area contributed by atoms with Gasteiger partial charge in [0.15, 0.2) is 10.9 Å². The average molecular weight is 376 g/mol. The highest BCUT2D eigenvalue weighted by molar-refractivity contribution is 7.22. The van der Waals surface area contributed by atoms with E-state index in [9.17, 15) is 4.79 Å². The van der Waals surface area contributed by atoms with E-state index < -0.39 is 0 Å². The Balaban J connectivity index is 1.74. The summed E-state index contributed by atoms with van der Waals surface area (Å²) >= 11 is 7.66. The van der Waals surface area contributed by atoms with E-state index in [1.807, 2.05) is 19.1 Å². The van der Waals surface area contributed by atoms with Gasteiger partial charge >= 0.3 is 0 Å². The molecule has 1 saturated heterocycles. The van der Waals surface area contributed by atoms with Gasteiger partial charge in [0, 0.05) is 11.6 Å². The number of carbonyl (C=O) groups is 1. The maximum atomic E-state index is 13.0. The Hall–Kier alpha value is -1.89. The van der Waals surface area contributed by atoms with Crippen molar-refractivity contribution in [2.75, 3.05) is 24.5 Å². The lowest BCUT2D eigenvalue weighted by molar-refractivity contribution is 0.0956. The highest BCUT2D eigenvalue weighted by Gasteiger charge is 2.28. The molecule has 1 unspecified atom stereocenters. The fraction of sp³-hybridized carbons (Fsp3) is 0.333.